The summed E-state index contributed by atoms with van der Waals surface area (Å²) < 4.78 is 1.54. The smallest absolute Gasteiger partial charge is 0.329 e. The molecule has 0 spiro atoms. The fraction of sp³-hybridized carbons (Fsp3) is 0.333. The van der Waals surface area contributed by atoms with E-state index in [1.54, 1.807) is 53.1 Å². The number of rotatable bonds is 4. The highest BCUT2D eigenvalue weighted by Gasteiger charge is 2.41. The number of nitrogens with zero attached hydrogens (tertiary/aromatic N) is 3. The lowest BCUT2D eigenvalue weighted by molar-refractivity contribution is -0.144. The minimum absolute atomic E-state index is 0.388. The van der Waals surface area contributed by atoms with Crippen LogP contribution in [0.15, 0.2) is 36.7 Å². The number of hydrogen-bond donors (Lipinski definition) is 2. The summed E-state index contributed by atoms with van der Waals surface area (Å²) in [6, 6.07) is 6.85. The molecule has 1 aliphatic heterocycles. The van der Waals surface area contributed by atoms with Crippen molar-refractivity contribution in [2.75, 3.05) is 11.5 Å². The Balaban J connectivity index is 1.83. The van der Waals surface area contributed by atoms with E-state index in [0.717, 1.165) is 11.5 Å². The number of aliphatic carboxylic acids is 1. The van der Waals surface area contributed by atoms with Gasteiger partial charge in [0.1, 0.15) is 5.54 Å². The Morgan fingerprint density at radius 3 is 2.74 bits per heavy atom. The van der Waals surface area contributed by atoms with E-state index in [0.29, 0.717) is 24.1 Å². The second-order valence-electron chi connectivity index (χ2n) is 5.35. The summed E-state index contributed by atoms with van der Waals surface area (Å²) in [6.45, 7) is 0. The number of carboxylic acids is 1. The van der Waals surface area contributed by atoms with E-state index < -0.39 is 11.5 Å². The molecule has 1 aromatic heterocycles. The molecule has 7 nitrogen and oxygen atoms in total. The molecule has 8 heteroatoms. The van der Waals surface area contributed by atoms with Crippen molar-refractivity contribution in [2.24, 2.45) is 0 Å². The van der Waals surface area contributed by atoms with Crippen LogP contribution in [0.5, 0.6) is 0 Å². The second-order valence-corrected chi connectivity index (χ2v) is 6.58. The van der Waals surface area contributed by atoms with Gasteiger partial charge in [0.25, 0.3) is 5.91 Å². The zero-order chi connectivity index (χ0) is 16.3. The topological polar surface area (TPSA) is 97.1 Å². The number of carboxylic acid groups (broad SMARTS) is 1. The Labute approximate surface area is 137 Å². The van der Waals surface area contributed by atoms with Crippen molar-refractivity contribution in [1.82, 2.24) is 20.3 Å². The Bertz CT molecular complexity index is 711. The first-order valence-corrected chi connectivity index (χ1v) is 8.37. The fourth-order valence-corrected chi connectivity index (χ4v) is 3.73. The van der Waals surface area contributed by atoms with Gasteiger partial charge in [-0.25, -0.2) is 9.48 Å². The van der Waals surface area contributed by atoms with Crippen LogP contribution in [-0.4, -0.2) is 49.0 Å². The monoisotopic (exact) mass is 332 g/mol. The molecule has 120 valence electrons. The molecule has 1 amide bonds. The fourth-order valence-electron chi connectivity index (χ4n) is 2.54. The molecule has 2 aromatic rings. The molecule has 1 aliphatic rings. The zero-order valence-corrected chi connectivity index (χ0v) is 13.1. The molecule has 2 N–H and O–H groups in total. The number of carbonyl (C=O) groups excluding carboxylic acids is 1. The van der Waals surface area contributed by atoms with Crippen molar-refractivity contribution in [2.45, 2.75) is 18.4 Å². The van der Waals surface area contributed by atoms with Crippen LogP contribution in [0.25, 0.3) is 5.69 Å². The van der Waals surface area contributed by atoms with E-state index in [9.17, 15) is 14.7 Å². The molecule has 1 saturated heterocycles. The van der Waals surface area contributed by atoms with Crippen LogP contribution >= 0.6 is 11.8 Å². The van der Waals surface area contributed by atoms with Crippen LogP contribution in [-0.2, 0) is 4.79 Å². The van der Waals surface area contributed by atoms with Crippen LogP contribution in [0.3, 0.4) is 0 Å². The first-order valence-electron chi connectivity index (χ1n) is 7.21. The first-order chi connectivity index (χ1) is 11.1. The number of nitrogens with one attached hydrogen (secondary N) is 1. The van der Waals surface area contributed by atoms with E-state index in [-0.39, 0.29) is 5.91 Å². The third-order valence-corrected chi connectivity index (χ3v) is 4.89. The Kier molecular flexibility index (Phi) is 4.33. The highest BCUT2D eigenvalue weighted by molar-refractivity contribution is 7.99. The van der Waals surface area contributed by atoms with Gasteiger partial charge in [-0.15, -0.1) is 5.10 Å². The number of benzene rings is 1. The van der Waals surface area contributed by atoms with Gasteiger partial charge in [0.15, 0.2) is 0 Å². The van der Waals surface area contributed by atoms with E-state index >= 15 is 0 Å². The molecule has 3 rings (SSSR count). The van der Waals surface area contributed by atoms with Crippen molar-refractivity contribution in [1.29, 1.82) is 0 Å². The zero-order valence-electron chi connectivity index (χ0n) is 12.3. The molecule has 23 heavy (non-hydrogen) atoms. The molecule has 0 atom stereocenters. The van der Waals surface area contributed by atoms with Crippen molar-refractivity contribution in [3.05, 3.63) is 42.2 Å². The molecule has 2 heterocycles. The standard InChI is InChI=1S/C15H16N4O3S/c20-13(17-15(14(21)22)4-8-23-9-5-15)11-2-1-3-12(10-11)19-7-6-16-18-19/h1-3,6-7,10H,4-5,8-9H2,(H,17,20)(H,21,22). The number of thioether (sulfide) groups is 1. The van der Waals surface area contributed by atoms with Gasteiger partial charge in [-0.05, 0) is 42.5 Å². The van der Waals surface area contributed by atoms with Crippen LogP contribution in [0, 0.1) is 0 Å². The Morgan fingerprint density at radius 1 is 1.30 bits per heavy atom. The second kappa shape index (κ2) is 6.41. The Morgan fingerprint density at radius 2 is 2.09 bits per heavy atom. The molecule has 1 aromatic carbocycles. The molecule has 0 bridgehead atoms. The van der Waals surface area contributed by atoms with Gasteiger partial charge in [0, 0.05) is 5.56 Å². The van der Waals surface area contributed by atoms with Crippen LogP contribution in [0.1, 0.15) is 23.2 Å². The number of carbonyl (C=O) groups is 2. The number of amides is 1. The molecular formula is C15H16N4O3S. The minimum atomic E-state index is -1.18. The summed E-state index contributed by atoms with van der Waals surface area (Å²) in [4.78, 5) is 24.2. The summed E-state index contributed by atoms with van der Waals surface area (Å²) in [6.07, 6.45) is 4.09. The summed E-state index contributed by atoms with van der Waals surface area (Å²) in [5, 5.41) is 19.9. The molecule has 0 radical (unpaired) electrons. The van der Waals surface area contributed by atoms with Gasteiger partial charge in [-0.1, -0.05) is 11.3 Å². The predicted molar refractivity (Wildman–Crippen MR) is 85.8 cm³/mol. The van der Waals surface area contributed by atoms with Gasteiger partial charge in [-0.3, -0.25) is 4.79 Å². The first kappa shape index (κ1) is 15.5. The third-order valence-electron chi connectivity index (χ3n) is 3.90. The maximum atomic E-state index is 12.5. The molecule has 0 unspecified atom stereocenters. The van der Waals surface area contributed by atoms with Crippen molar-refractivity contribution in [3.63, 3.8) is 0 Å². The third kappa shape index (κ3) is 3.21. The normalized spacial score (nSPS) is 16.7. The molecule has 1 fully saturated rings. The van der Waals surface area contributed by atoms with E-state index in [1.807, 2.05) is 0 Å². The van der Waals surface area contributed by atoms with Crippen LogP contribution in [0.4, 0.5) is 0 Å². The largest absolute Gasteiger partial charge is 0.480 e. The SMILES string of the molecule is O=C(NC1(C(=O)O)CCSCC1)c1cccc(-n2ccnn2)c1. The Hall–Kier alpha value is -2.35. The summed E-state index contributed by atoms with van der Waals surface area (Å²) >= 11 is 1.71. The van der Waals surface area contributed by atoms with Crippen molar-refractivity contribution < 1.29 is 14.7 Å². The van der Waals surface area contributed by atoms with E-state index in [1.165, 1.54) is 0 Å². The molecular weight excluding hydrogens is 316 g/mol. The number of aromatic nitrogens is 3. The van der Waals surface area contributed by atoms with Crippen molar-refractivity contribution in [3.8, 4) is 5.69 Å². The summed E-state index contributed by atoms with van der Waals surface area (Å²) in [5.74, 6) is 0.0943. The highest BCUT2D eigenvalue weighted by atomic mass is 32.2. The van der Waals surface area contributed by atoms with Gasteiger partial charge >= 0.3 is 5.97 Å². The maximum Gasteiger partial charge on any atom is 0.329 e. The minimum Gasteiger partial charge on any atom is -0.480 e. The van der Waals surface area contributed by atoms with E-state index in [2.05, 4.69) is 15.6 Å². The predicted octanol–water partition coefficient (Wildman–Crippen LogP) is 1.35. The van der Waals surface area contributed by atoms with E-state index in [4.69, 9.17) is 0 Å². The van der Waals surface area contributed by atoms with Crippen molar-refractivity contribution >= 4 is 23.6 Å². The van der Waals surface area contributed by atoms with Gasteiger partial charge in [0.2, 0.25) is 0 Å². The van der Waals surface area contributed by atoms with Gasteiger partial charge < -0.3 is 10.4 Å². The number of hydrogen-bond acceptors (Lipinski definition) is 5. The molecule has 0 aliphatic carbocycles. The average molecular weight is 332 g/mol. The lowest BCUT2D eigenvalue weighted by Crippen LogP contribution is -2.56. The highest BCUT2D eigenvalue weighted by Crippen LogP contribution is 2.28. The lowest BCUT2D eigenvalue weighted by Gasteiger charge is -2.33. The lowest BCUT2D eigenvalue weighted by atomic mass is 9.92. The maximum absolute atomic E-state index is 12.5. The summed E-state index contributed by atoms with van der Waals surface area (Å²) in [5.41, 5.74) is -0.0819. The van der Waals surface area contributed by atoms with Crippen LogP contribution < -0.4 is 5.32 Å². The van der Waals surface area contributed by atoms with Gasteiger partial charge in [-0.2, -0.15) is 11.8 Å². The molecule has 0 saturated carbocycles. The van der Waals surface area contributed by atoms with Gasteiger partial charge in [0.05, 0.1) is 18.1 Å². The quantitative estimate of drug-likeness (QED) is 0.877. The average Bonchev–Trinajstić information content (AvgIpc) is 3.10. The van der Waals surface area contributed by atoms with Crippen LogP contribution in [0.2, 0.25) is 0 Å². The summed E-state index contributed by atoms with van der Waals surface area (Å²) in [7, 11) is 0.